The smallest absolute Gasteiger partial charge is 0.410 e. The summed E-state index contributed by atoms with van der Waals surface area (Å²) < 4.78 is 56.6. The molecule has 8 nitrogen and oxygen atoms in total. The first-order chi connectivity index (χ1) is 20.5. The largest absolute Gasteiger partial charge is 0.494 e. The Kier molecular flexibility index (Phi) is 8.56. The number of carbonyl (C=O) groups excluding carboxylic acids is 1. The Morgan fingerprint density at radius 1 is 0.953 bits per heavy atom. The minimum absolute atomic E-state index is 0.0227. The van der Waals surface area contributed by atoms with Gasteiger partial charge in [0.05, 0.1) is 24.2 Å². The second kappa shape index (κ2) is 12.2. The van der Waals surface area contributed by atoms with E-state index in [1.807, 2.05) is 6.07 Å². The van der Waals surface area contributed by atoms with Gasteiger partial charge < -0.3 is 19.4 Å². The molecule has 43 heavy (non-hydrogen) atoms. The third-order valence-electron chi connectivity index (χ3n) is 6.88. The molecule has 1 amide bonds. The minimum atomic E-state index is -2.96. The van der Waals surface area contributed by atoms with Gasteiger partial charge in [-0.3, -0.25) is 9.78 Å². The summed E-state index contributed by atoms with van der Waals surface area (Å²) >= 11 is 3.66. The van der Waals surface area contributed by atoms with Crippen LogP contribution in [0.25, 0.3) is 10.5 Å². The first-order valence-corrected chi connectivity index (χ1v) is 16.5. The summed E-state index contributed by atoms with van der Waals surface area (Å²) in [4.78, 5) is 45.0. The Labute approximate surface area is 252 Å². The lowest BCUT2D eigenvalue weighted by molar-refractivity contribution is 0.109. The van der Waals surface area contributed by atoms with Gasteiger partial charge in [0.15, 0.2) is 11.6 Å². The van der Waals surface area contributed by atoms with Crippen molar-refractivity contribution in [3.05, 3.63) is 127 Å². The summed E-state index contributed by atoms with van der Waals surface area (Å²) in [5.41, 5.74) is -1.20. The highest BCUT2D eigenvalue weighted by Gasteiger charge is 2.45. The number of fused-ring (bicyclic) bond motifs is 1. The summed E-state index contributed by atoms with van der Waals surface area (Å²) in [6.45, 7) is -0.299. The van der Waals surface area contributed by atoms with Crippen molar-refractivity contribution in [1.82, 2.24) is 14.9 Å². The van der Waals surface area contributed by atoms with Crippen LogP contribution in [0.3, 0.4) is 0 Å². The highest BCUT2D eigenvalue weighted by molar-refractivity contribution is 9.59. The summed E-state index contributed by atoms with van der Waals surface area (Å²) in [6, 6.07) is 16.7. The molecule has 0 bridgehead atoms. The predicted octanol–water partition coefficient (Wildman–Crippen LogP) is 6.31. The summed E-state index contributed by atoms with van der Waals surface area (Å²) in [5.74, 6) is -3.04. The number of ether oxygens (including phenoxy) is 2. The molecule has 0 saturated heterocycles. The fourth-order valence-electron chi connectivity index (χ4n) is 4.87. The number of nitrogens with one attached hydrogen (secondary N) is 2. The Balaban J connectivity index is 1.70. The lowest BCUT2D eigenvalue weighted by atomic mass is 10.0. The third-order valence-corrected chi connectivity index (χ3v) is 12.3. The van der Waals surface area contributed by atoms with E-state index in [1.165, 1.54) is 43.3 Å². The molecule has 5 rings (SSSR count). The van der Waals surface area contributed by atoms with E-state index in [0.717, 1.165) is 17.7 Å². The van der Waals surface area contributed by atoms with E-state index in [9.17, 15) is 14.4 Å². The third kappa shape index (κ3) is 5.74. The van der Waals surface area contributed by atoms with Crippen molar-refractivity contribution in [2.24, 2.45) is 0 Å². The average molecular weight is 677 g/mol. The zero-order chi connectivity index (χ0) is 30.9. The molecule has 0 saturated carbocycles. The second-order valence-corrected chi connectivity index (χ2v) is 15.4. The number of nitrogens with zero attached hydrogens (tertiary/aromatic N) is 1. The minimum Gasteiger partial charge on any atom is -0.494 e. The lowest BCUT2D eigenvalue weighted by Crippen LogP contribution is -2.31. The lowest BCUT2D eigenvalue weighted by Gasteiger charge is -2.33. The van der Waals surface area contributed by atoms with Gasteiger partial charge in [-0.2, -0.15) is 0 Å². The van der Waals surface area contributed by atoms with Crippen LogP contribution in [0, 0.1) is 17.5 Å². The molecule has 224 valence electrons. The van der Waals surface area contributed by atoms with Gasteiger partial charge in [-0.05, 0) is 38.6 Å². The number of amides is 1. The molecule has 0 spiro atoms. The normalized spacial score (nSPS) is 17.3. The Morgan fingerprint density at radius 3 is 2.30 bits per heavy atom. The van der Waals surface area contributed by atoms with Crippen LogP contribution in [0.15, 0.2) is 81.3 Å². The Hall–Kier alpha value is -4.23. The Morgan fingerprint density at radius 2 is 1.63 bits per heavy atom. The van der Waals surface area contributed by atoms with Gasteiger partial charge in [-0.15, -0.1) is 8.46 Å². The molecule has 1 aromatic heterocycles. The first-order valence-electron chi connectivity index (χ1n) is 12.8. The summed E-state index contributed by atoms with van der Waals surface area (Å²) in [6.07, 6.45) is -0.744. The number of hydrogen-bond donors (Lipinski definition) is 2. The van der Waals surface area contributed by atoms with E-state index in [2.05, 4.69) is 24.8 Å². The number of aromatic amines is 2. The van der Waals surface area contributed by atoms with Crippen LogP contribution in [-0.4, -0.2) is 41.7 Å². The second-order valence-electron chi connectivity index (χ2n) is 9.64. The van der Waals surface area contributed by atoms with E-state index in [0.29, 0.717) is 0 Å². The average Bonchev–Trinajstić information content (AvgIpc) is 3.21. The van der Waals surface area contributed by atoms with Crippen molar-refractivity contribution < 1.29 is 27.4 Å². The number of methoxy groups -OCH3 is 1. The van der Waals surface area contributed by atoms with Crippen LogP contribution in [0.1, 0.15) is 22.3 Å². The van der Waals surface area contributed by atoms with Crippen molar-refractivity contribution >= 4 is 39.8 Å². The molecule has 4 aromatic rings. The molecule has 2 N–H and O–H groups in total. The van der Waals surface area contributed by atoms with Gasteiger partial charge in [-0.25, -0.2) is 22.8 Å². The van der Waals surface area contributed by atoms with Gasteiger partial charge in [0.1, 0.15) is 18.2 Å². The van der Waals surface area contributed by atoms with Crippen molar-refractivity contribution in [3.63, 3.8) is 0 Å². The van der Waals surface area contributed by atoms with Gasteiger partial charge in [0.25, 0.3) is 5.56 Å². The summed E-state index contributed by atoms with van der Waals surface area (Å²) in [7, 11) is -0.251. The molecule has 13 heteroatoms. The molecule has 3 aromatic carbocycles. The quantitative estimate of drug-likeness (QED) is 0.213. The van der Waals surface area contributed by atoms with E-state index >= 15 is 13.2 Å². The number of likely N-dealkylation sites (N-methyl/N-ethyl adjacent to an activating group) is 1. The highest BCUT2D eigenvalue weighted by Crippen LogP contribution is 2.78. The van der Waals surface area contributed by atoms with Crippen molar-refractivity contribution in [2.45, 2.75) is 17.4 Å². The molecule has 2 heterocycles. The van der Waals surface area contributed by atoms with E-state index in [1.54, 1.807) is 24.3 Å². The van der Waals surface area contributed by atoms with Gasteiger partial charge in [-0.1, -0.05) is 48.5 Å². The molecular weight excluding hydrogens is 651 g/mol. The number of H-pyrrole nitrogens is 2. The van der Waals surface area contributed by atoms with Gasteiger partial charge >= 0.3 is 11.8 Å². The van der Waals surface area contributed by atoms with E-state index < -0.39 is 49.0 Å². The summed E-state index contributed by atoms with van der Waals surface area (Å²) in [5, 5.41) is 0.0298. The highest BCUT2D eigenvalue weighted by atomic mass is 79.9. The monoisotopic (exact) mass is 675 g/mol. The van der Waals surface area contributed by atoms with Crippen LogP contribution in [0.4, 0.5) is 18.0 Å². The van der Waals surface area contributed by atoms with E-state index in [4.69, 9.17) is 9.47 Å². The van der Waals surface area contributed by atoms with Crippen LogP contribution >= 0.6 is 23.3 Å². The molecule has 1 unspecified atom stereocenters. The number of hydrogen-bond acceptors (Lipinski definition) is 5. The fraction of sp³-hybridized carbons (Fsp3) is 0.167. The SMILES string of the molecule is COc1cccc(C2=C(CN(C)C(=O)OCc3ccccc3)c3c([nH]c(=O)[nH]c3=O)S2(Br)Cc2c(F)cccc2F)c1F. The van der Waals surface area contributed by atoms with Crippen LogP contribution in [0.2, 0.25) is 0 Å². The molecular formula is C30H25BrF3N3O5S. The number of halogens is 4. The Bertz CT molecular complexity index is 1840. The topological polar surface area (TPSA) is 104 Å². The zero-order valence-corrected chi connectivity index (χ0v) is 25.3. The van der Waals surface area contributed by atoms with Crippen molar-refractivity contribution in [1.29, 1.82) is 0 Å². The molecule has 0 radical (unpaired) electrons. The van der Waals surface area contributed by atoms with Crippen LogP contribution in [0.5, 0.6) is 5.75 Å². The molecule has 1 atom stereocenters. The maximum absolute atomic E-state index is 16.0. The van der Waals surface area contributed by atoms with Crippen LogP contribution in [-0.2, 0) is 17.1 Å². The molecule has 0 aliphatic carbocycles. The zero-order valence-electron chi connectivity index (χ0n) is 22.9. The first kappa shape index (κ1) is 30.2. The van der Waals surface area contributed by atoms with Crippen molar-refractivity contribution in [3.8, 4) is 5.75 Å². The standard InChI is InChI=1S/C30H25BrF3N3O5S/c1-37(30(40)42-15-17-8-4-3-5-9-17)14-19-24-27(38)35-29(39)36-28(24)43(31,16-20-21(32)11-7-12-22(20)33)26(19)18-10-6-13-23(41-2)25(18)34/h3-13H,14-16H2,1-2H3,(H2,35,36,38,39). The number of aromatic nitrogens is 2. The fourth-order valence-corrected chi connectivity index (χ4v) is 10.4. The molecule has 1 aliphatic rings. The number of rotatable bonds is 8. The molecule has 1 aliphatic heterocycles. The maximum Gasteiger partial charge on any atom is 0.410 e. The van der Waals surface area contributed by atoms with E-state index in [-0.39, 0.29) is 51.1 Å². The van der Waals surface area contributed by atoms with Crippen molar-refractivity contribution in [2.75, 3.05) is 20.7 Å². The molecule has 0 fully saturated rings. The predicted molar refractivity (Wildman–Crippen MR) is 162 cm³/mol. The maximum atomic E-state index is 16.0. The van der Waals surface area contributed by atoms with Gasteiger partial charge in [0, 0.05) is 34.4 Å². The van der Waals surface area contributed by atoms with Crippen LogP contribution < -0.4 is 16.0 Å². The van der Waals surface area contributed by atoms with Gasteiger partial charge in [0.2, 0.25) is 0 Å². The number of benzene rings is 3. The number of carbonyl (C=O) groups is 1.